The Hall–Kier alpha value is -2.73. The summed E-state index contributed by atoms with van der Waals surface area (Å²) in [6, 6.07) is 11.5. The van der Waals surface area contributed by atoms with Crippen molar-refractivity contribution in [3.8, 4) is 17.2 Å². The molecule has 0 radical (unpaired) electrons. The highest BCUT2D eigenvalue weighted by atomic mass is 35.5. The number of aromatic nitrogens is 2. The number of nitrogens with zero attached hydrogens (tertiary/aromatic N) is 2. The maximum atomic E-state index is 6.10. The molecule has 136 valence electrons. The zero-order valence-corrected chi connectivity index (χ0v) is 15.6. The summed E-state index contributed by atoms with van der Waals surface area (Å²) in [7, 11) is 3.17. The van der Waals surface area contributed by atoms with E-state index < -0.39 is 0 Å². The van der Waals surface area contributed by atoms with E-state index in [0.717, 1.165) is 16.7 Å². The molecule has 26 heavy (non-hydrogen) atoms. The van der Waals surface area contributed by atoms with Crippen molar-refractivity contribution in [1.29, 1.82) is 0 Å². The number of ether oxygens (including phenoxy) is 3. The quantitative estimate of drug-likeness (QED) is 0.622. The van der Waals surface area contributed by atoms with E-state index in [1.807, 2.05) is 37.3 Å². The summed E-state index contributed by atoms with van der Waals surface area (Å²) in [5.41, 5.74) is 1.70. The lowest BCUT2D eigenvalue weighted by Crippen LogP contribution is -2.06. The first-order valence-electron chi connectivity index (χ1n) is 8.20. The lowest BCUT2D eigenvalue weighted by molar-refractivity contribution is 0.337. The summed E-state index contributed by atoms with van der Waals surface area (Å²) >= 11 is 6.10. The number of fused-ring (bicyclic) bond motifs is 1. The van der Waals surface area contributed by atoms with E-state index >= 15 is 0 Å². The van der Waals surface area contributed by atoms with E-state index in [9.17, 15) is 0 Å². The molecule has 2 aromatic carbocycles. The van der Waals surface area contributed by atoms with E-state index in [1.54, 1.807) is 20.3 Å². The minimum Gasteiger partial charge on any atom is -0.494 e. The van der Waals surface area contributed by atoms with Gasteiger partial charge < -0.3 is 19.5 Å². The van der Waals surface area contributed by atoms with E-state index in [0.29, 0.717) is 36.0 Å². The average Bonchev–Trinajstić information content (AvgIpc) is 2.66. The smallest absolute Gasteiger partial charge is 0.224 e. The Morgan fingerprint density at radius 3 is 2.46 bits per heavy atom. The van der Waals surface area contributed by atoms with Crippen molar-refractivity contribution in [1.82, 2.24) is 9.97 Å². The minimum absolute atomic E-state index is 0.158. The molecule has 0 unspecified atom stereocenters. The second-order valence-corrected chi connectivity index (χ2v) is 5.80. The van der Waals surface area contributed by atoms with Gasteiger partial charge in [-0.2, -0.15) is 0 Å². The van der Waals surface area contributed by atoms with Gasteiger partial charge >= 0.3 is 0 Å². The molecule has 0 fully saturated rings. The van der Waals surface area contributed by atoms with Crippen LogP contribution in [0.2, 0.25) is 5.28 Å². The number of para-hydroxylation sites is 1. The fourth-order valence-corrected chi connectivity index (χ4v) is 2.86. The zero-order chi connectivity index (χ0) is 18.5. The Bertz CT molecular complexity index is 918. The van der Waals surface area contributed by atoms with Crippen molar-refractivity contribution < 1.29 is 14.2 Å². The number of rotatable bonds is 7. The SMILES string of the molecule is CCOc1ccccc1CNc1nc(Cl)nc2cc(OC)c(OC)cc12. The molecule has 7 heteroatoms. The highest BCUT2D eigenvalue weighted by Crippen LogP contribution is 2.34. The van der Waals surface area contributed by atoms with Crippen LogP contribution in [0.4, 0.5) is 5.82 Å². The molecule has 0 bridgehead atoms. The van der Waals surface area contributed by atoms with E-state index in [2.05, 4.69) is 15.3 Å². The highest BCUT2D eigenvalue weighted by Gasteiger charge is 2.13. The summed E-state index contributed by atoms with van der Waals surface area (Å²) in [5.74, 6) is 2.64. The molecular formula is C19H20ClN3O3. The first kappa shape index (κ1) is 18.1. The molecule has 0 spiro atoms. The van der Waals surface area contributed by atoms with Gasteiger partial charge in [0.25, 0.3) is 0 Å². The molecule has 1 heterocycles. The maximum absolute atomic E-state index is 6.10. The number of anilines is 1. The van der Waals surface area contributed by atoms with Crippen LogP contribution in [0.15, 0.2) is 36.4 Å². The molecule has 0 saturated heterocycles. The molecule has 6 nitrogen and oxygen atoms in total. The Morgan fingerprint density at radius 2 is 1.73 bits per heavy atom. The highest BCUT2D eigenvalue weighted by molar-refractivity contribution is 6.28. The molecule has 0 saturated carbocycles. The molecule has 1 N–H and O–H groups in total. The van der Waals surface area contributed by atoms with Crippen molar-refractivity contribution in [2.75, 3.05) is 26.1 Å². The Labute approximate surface area is 157 Å². The van der Waals surface area contributed by atoms with Gasteiger partial charge in [-0.05, 0) is 30.7 Å². The molecule has 3 rings (SSSR count). The van der Waals surface area contributed by atoms with Crippen molar-refractivity contribution in [2.45, 2.75) is 13.5 Å². The van der Waals surface area contributed by atoms with Crippen LogP contribution in [-0.4, -0.2) is 30.8 Å². The Morgan fingerprint density at radius 1 is 1.00 bits per heavy atom. The van der Waals surface area contributed by atoms with Crippen LogP contribution >= 0.6 is 11.6 Å². The van der Waals surface area contributed by atoms with Gasteiger partial charge in [-0.25, -0.2) is 9.97 Å². The second kappa shape index (κ2) is 8.10. The van der Waals surface area contributed by atoms with Crippen molar-refractivity contribution in [2.24, 2.45) is 0 Å². The van der Waals surface area contributed by atoms with Crippen LogP contribution < -0.4 is 19.5 Å². The minimum atomic E-state index is 0.158. The van der Waals surface area contributed by atoms with Crippen LogP contribution in [0, 0.1) is 0 Å². The fraction of sp³-hybridized carbons (Fsp3) is 0.263. The predicted molar refractivity (Wildman–Crippen MR) is 103 cm³/mol. The number of halogens is 1. The third-order valence-electron chi connectivity index (χ3n) is 3.89. The van der Waals surface area contributed by atoms with Gasteiger partial charge in [0.1, 0.15) is 11.6 Å². The van der Waals surface area contributed by atoms with Gasteiger partial charge in [0.15, 0.2) is 11.5 Å². The van der Waals surface area contributed by atoms with Crippen LogP contribution in [0.25, 0.3) is 10.9 Å². The molecule has 1 aromatic heterocycles. The van der Waals surface area contributed by atoms with E-state index in [-0.39, 0.29) is 5.28 Å². The van der Waals surface area contributed by atoms with Crippen molar-refractivity contribution >= 4 is 28.3 Å². The zero-order valence-electron chi connectivity index (χ0n) is 14.9. The van der Waals surface area contributed by atoms with Gasteiger partial charge in [0.2, 0.25) is 5.28 Å². The normalized spacial score (nSPS) is 10.6. The van der Waals surface area contributed by atoms with Crippen LogP contribution in [-0.2, 0) is 6.54 Å². The molecule has 3 aromatic rings. The number of hydrogen-bond acceptors (Lipinski definition) is 6. The molecule has 0 amide bonds. The first-order chi connectivity index (χ1) is 12.7. The van der Waals surface area contributed by atoms with Gasteiger partial charge in [0, 0.05) is 23.6 Å². The van der Waals surface area contributed by atoms with Gasteiger partial charge in [0.05, 0.1) is 26.3 Å². The average molecular weight is 374 g/mol. The fourth-order valence-electron chi connectivity index (χ4n) is 2.69. The molecule has 0 aliphatic carbocycles. The molecule has 0 aliphatic rings. The van der Waals surface area contributed by atoms with E-state index in [4.69, 9.17) is 25.8 Å². The lowest BCUT2D eigenvalue weighted by Gasteiger charge is -2.14. The number of benzene rings is 2. The van der Waals surface area contributed by atoms with Gasteiger partial charge in [-0.15, -0.1) is 0 Å². The predicted octanol–water partition coefficient (Wildman–Crippen LogP) is 4.31. The Balaban J connectivity index is 1.97. The van der Waals surface area contributed by atoms with Gasteiger partial charge in [-0.1, -0.05) is 18.2 Å². The standard InChI is InChI=1S/C19H20ClN3O3/c1-4-26-15-8-6-5-7-12(15)11-21-18-13-9-16(24-2)17(25-3)10-14(13)22-19(20)23-18/h5-10H,4,11H2,1-3H3,(H,21,22,23). The molecule has 0 aliphatic heterocycles. The monoisotopic (exact) mass is 373 g/mol. The summed E-state index contributed by atoms with van der Waals surface area (Å²) in [4.78, 5) is 8.61. The number of nitrogens with one attached hydrogen (secondary N) is 1. The van der Waals surface area contributed by atoms with Crippen LogP contribution in [0.3, 0.4) is 0 Å². The topological polar surface area (TPSA) is 65.5 Å². The van der Waals surface area contributed by atoms with Crippen LogP contribution in [0.1, 0.15) is 12.5 Å². The first-order valence-corrected chi connectivity index (χ1v) is 8.58. The summed E-state index contributed by atoms with van der Waals surface area (Å²) < 4.78 is 16.4. The molecule has 0 atom stereocenters. The summed E-state index contributed by atoms with van der Waals surface area (Å²) in [5, 5.41) is 4.27. The lowest BCUT2D eigenvalue weighted by atomic mass is 10.2. The molecular weight excluding hydrogens is 354 g/mol. The Kier molecular flexibility index (Phi) is 5.63. The summed E-state index contributed by atoms with van der Waals surface area (Å²) in [6.45, 7) is 3.10. The van der Waals surface area contributed by atoms with Crippen molar-refractivity contribution in [3.05, 3.63) is 47.2 Å². The van der Waals surface area contributed by atoms with E-state index in [1.165, 1.54) is 0 Å². The third kappa shape index (κ3) is 3.75. The third-order valence-corrected chi connectivity index (χ3v) is 4.06. The van der Waals surface area contributed by atoms with Crippen LogP contribution in [0.5, 0.6) is 17.2 Å². The van der Waals surface area contributed by atoms with Crippen molar-refractivity contribution in [3.63, 3.8) is 0 Å². The number of methoxy groups -OCH3 is 2. The summed E-state index contributed by atoms with van der Waals surface area (Å²) in [6.07, 6.45) is 0. The van der Waals surface area contributed by atoms with Gasteiger partial charge in [-0.3, -0.25) is 0 Å². The largest absolute Gasteiger partial charge is 0.494 e. The second-order valence-electron chi connectivity index (χ2n) is 5.46. The number of hydrogen-bond donors (Lipinski definition) is 1. The maximum Gasteiger partial charge on any atom is 0.224 e.